The number of benzene rings is 1. The number of hydrogen-bond acceptors (Lipinski definition) is 3. The average molecular weight is 244 g/mol. The molecule has 0 fully saturated rings. The zero-order valence-electron chi connectivity index (χ0n) is 9.77. The summed E-state index contributed by atoms with van der Waals surface area (Å²) >= 11 is 0. The van der Waals surface area contributed by atoms with Gasteiger partial charge < -0.3 is 15.0 Å². The van der Waals surface area contributed by atoms with Crippen molar-refractivity contribution in [1.82, 2.24) is 4.98 Å². The second-order valence-corrected chi connectivity index (χ2v) is 3.60. The van der Waals surface area contributed by atoms with Crippen molar-refractivity contribution >= 4 is 17.7 Å². The fraction of sp³-hybridized carbons (Fsp3) is 0.0769. The number of aromatic nitrogens is 1. The second kappa shape index (κ2) is 5.18. The molecule has 0 atom stereocenters. The van der Waals surface area contributed by atoms with Gasteiger partial charge in [0.15, 0.2) is 0 Å². The summed E-state index contributed by atoms with van der Waals surface area (Å²) in [7, 11) is 1.30. The van der Waals surface area contributed by atoms with E-state index in [0.29, 0.717) is 17.1 Å². The van der Waals surface area contributed by atoms with E-state index in [4.69, 9.17) is 0 Å². The largest absolute Gasteiger partial charge is 0.464 e. The van der Waals surface area contributed by atoms with Crippen molar-refractivity contribution in [2.75, 3.05) is 12.4 Å². The molecule has 1 aromatic carbocycles. The molecule has 0 spiro atoms. The number of esters is 1. The number of aromatic amines is 1. The normalized spacial score (nSPS) is 9.83. The first kappa shape index (κ1) is 11.9. The Kier molecular flexibility index (Phi) is 3.43. The minimum atomic E-state index is -0.477. The molecule has 5 heteroatoms. The Morgan fingerprint density at radius 3 is 2.50 bits per heavy atom. The van der Waals surface area contributed by atoms with Gasteiger partial charge in [0.2, 0.25) is 0 Å². The maximum absolute atomic E-state index is 11.8. The van der Waals surface area contributed by atoms with Crippen LogP contribution in [0.15, 0.2) is 42.5 Å². The third-order valence-corrected chi connectivity index (χ3v) is 2.38. The highest BCUT2D eigenvalue weighted by molar-refractivity contribution is 6.04. The summed E-state index contributed by atoms with van der Waals surface area (Å²) in [4.78, 5) is 25.8. The molecule has 2 N–H and O–H groups in total. The first-order valence-electron chi connectivity index (χ1n) is 5.34. The number of carbonyl (C=O) groups is 2. The number of carbonyl (C=O) groups excluding carboxylic acids is 2. The lowest BCUT2D eigenvalue weighted by molar-refractivity contribution is 0.0594. The highest BCUT2D eigenvalue weighted by atomic mass is 16.5. The van der Waals surface area contributed by atoms with Gasteiger partial charge in [-0.3, -0.25) is 4.79 Å². The molecule has 2 aromatic rings. The molecule has 92 valence electrons. The van der Waals surface area contributed by atoms with E-state index in [9.17, 15) is 9.59 Å². The molecule has 0 saturated heterocycles. The zero-order valence-corrected chi connectivity index (χ0v) is 9.77. The lowest BCUT2D eigenvalue weighted by Crippen LogP contribution is -2.12. The van der Waals surface area contributed by atoms with Crippen LogP contribution in [0.2, 0.25) is 0 Å². The monoisotopic (exact) mass is 244 g/mol. The van der Waals surface area contributed by atoms with Gasteiger partial charge in [-0.2, -0.15) is 0 Å². The van der Waals surface area contributed by atoms with E-state index < -0.39 is 5.97 Å². The van der Waals surface area contributed by atoms with Crippen LogP contribution in [0.25, 0.3) is 0 Å². The Morgan fingerprint density at radius 1 is 1.11 bits per heavy atom. The molecule has 0 unspecified atom stereocenters. The van der Waals surface area contributed by atoms with E-state index in [2.05, 4.69) is 15.0 Å². The summed E-state index contributed by atoms with van der Waals surface area (Å²) in [6.45, 7) is 0. The number of H-pyrrole nitrogens is 1. The van der Waals surface area contributed by atoms with Crippen molar-refractivity contribution < 1.29 is 14.3 Å². The molecule has 0 aliphatic heterocycles. The predicted molar refractivity (Wildman–Crippen MR) is 66.5 cm³/mol. The minimum absolute atomic E-state index is 0.242. The minimum Gasteiger partial charge on any atom is -0.464 e. The average Bonchev–Trinajstić information content (AvgIpc) is 2.87. The number of methoxy groups -OCH3 is 1. The van der Waals surface area contributed by atoms with E-state index in [-0.39, 0.29) is 5.91 Å². The van der Waals surface area contributed by atoms with Gasteiger partial charge in [-0.1, -0.05) is 18.2 Å². The van der Waals surface area contributed by atoms with Crippen molar-refractivity contribution in [2.24, 2.45) is 0 Å². The van der Waals surface area contributed by atoms with Gasteiger partial charge >= 0.3 is 5.97 Å². The van der Waals surface area contributed by atoms with Gasteiger partial charge in [0.25, 0.3) is 5.91 Å². The van der Waals surface area contributed by atoms with Gasteiger partial charge in [-0.25, -0.2) is 4.79 Å². The smallest absolute Gasteiger partial charge is 0.354 e. The number of hydrogen-bond donors (Lipinski definition) is 2. The summed E-state index contributed by atoms with van der Waals surface area (Å²) in [5.41, 5.74) is 0.840. The number of nitrogens with one attached hydrogen (secondary N) is 2. The Hall–Kier alpha value is -2.56. The van der Waals surface area contributed by atoms with Gasteiger partial charge in [0.1, 0.15) is 11.5 Å². The van der Waals surface area contributed by atoms with Crippen LogP contribution < -0.4 is 5.32 Å². The SMILES string of the molecule is COC(=O)c1ccc(NC(=O)c2ccccc2)[nH]1. The lowest BCUT2D eigenvalue weighted by atomic mass is 10.2. The van der Waals surface area contributed by atoms with Crippen molar-refractivity contribution in [3.63, 3.8) is 0 Å². The van der Waals surface area contributed by atoms with E-state index in [0.717, 1.165) is 0 Å². The molecule has 0 radical (unpaired) electrons. The van der Waals surface area contributed by atoms with Crippen molar-refractivity contribution in [3.05, 3.63) is 53.7 Å². The molecular weight excluding hydrogens is 232 g/mol. The van der Waals surface area contributed by atoms with Crippen LogP contribution in [0.5, 0.6) is 0 Å². The number of anilines is 1. The molecule has 0 aliphatic rings. The molecule has 1 aromatic heterocycles. The summed E-state index contributed by atoms with van der Waals surface area (Å²) in [5.74, 6) is -0.270. The highest BCUT2D eigenvalue weighted by Gasteiger charge is 2.10. The van der Waals surface area contributed by atoms with Crippen LogP contribution in [-0.4, -0.2) is 24.0 Å². The second-order valence-electron chi connectivity index (χ2n) is 3.60. The molecule has 1 amide bonds. The summed E-state index contributed by atoms with van der Waals surface area (Å²) in [6, 6.07) is 12.0. The predicted octanol–water partition coefficient (Wildman–Crippen LogP) is 2.05. The highest BCUT2D eigenvalue weighted by Crippen LogP contribution is 2.10. The van der Waals surface area contributed by atoms with E-state index in [1.54, 1.807) is 36.4 Å². The Labute approximate surface area is 104 Å². The first-order valence-corrected chi connectivity index (χ1v) is 5.34. The molecule has 5 nitrogen and oxygen atoms in total. The third kappa shape index (κ3) is 2.57. The fourth-order valence-corrected chi connectivity index (χ4v) is 1.48. The molecule has 2 rings (SSSR count). The van der Waals surface area contributed by atoms with Gasteiger partial charge in [0.05, 0.1) is 7.11 Å². The van der Waals surface area contributed by atoms with Gasteiger partial charge in [-0.05, 0) is 24.3 Å². The zero-order chi connectivity index (χ0) is 13.0. The third-order valence-electron chi connectivity index (χ3n) is 2.38. The Balaban J connectivity index is 2.08. The molecular formula is C13H12N2O3. The van der Waals surface area contributed by atoms with Crippen LogP contribution in [0.1, 0.15) is 20.8 Å². The number of amides is 1. The molecule has 0 aliphatic carbocycles. The first-order chi connectivity index (χ1) is 8.70. The Bertz CT molecular complexity index is 561. The summed E-state index contributed by atoms with van der Waals surface area (Å²) < 4.78 is 4.56. The molecule has 18 heavy (non-hydrogen) atoms. The van der Waals surface area contributed by atoms with Crippen molar-refractivity contribution in [2.45, 2.75) is 0 Å². The van der Waals surface area contributed by atoms with Crippen molar-refractivity contribution in [1.29, 1.82) is 0 Å². The lowest BCUT2D eigenvalue weighted by Gasteiger charge is -2.02. The number of ether oxygens (including phenoxy) is 1. The topological polar surface area (TPSA) is 71.2 Å². The standard InChI is InChI=1S/C13H12N2O3/c1-18-13(17)10-7-8-11(14-10)15-12(16)9-5-3-2-4-6-9/h2-8,14H,1H3,(H,15,16). The summed E-state index contributed by atoms with van der Waals surface area (Å²) in [5, 5.41) is 2.66. The van der Waals surface area contributed by atoms with Crippen LogP contribution in [0.4, 0.5) is 5.82 Å². The van der Waals surface area contributed by atoms with Gasteiger partial charge in [-0.15, -0.1) is 0 Å². The maximum Gasteiger partial charge on any atom is 0.354 e. The van der Waals surface area contributed by atoms with E-state index in [1.165, 1.54) is 7.11 Å². The molecule has 0 bridgehead atoms. The van der Waals surface area contributed by atoms with Crippen LogP contribution in [-0.2, 0) is 4.74 Å². The quantitative estimate of drug-likeness (QED) is 0.812. The van der Waals surface area contributed by atoms with Crippen molar-refractivity contribution in [3.8, 4) is 0 Å². The van der Waals surface area contributed by atoms with Crippen LogP contribution in [0.3, 0.4) is 0 Å². The summed E-state index contributed by atoms with van der Waals surface area (Å²) in [6.07, 6.45) is 0. The maximum atomic E-state index is 11.8. The molecule has 1 heterocycles. The molecule has 0 saturated carbocycles. The van der Waals surface area contributed by atoms with E-state index in [1.807, 2.05) is 6.07 Å². The van der Waals surface area contributed by atoms with Crippen LogP contribution >= 0.6 is 0 Å². The Morgan fingerprint density at radius 2 is 1.83 bits per heavy atom. The van der Waals surface area contributed by atoms with E-state index >= 15 is 0 Å². The van der Waals surface area contributed by atoms with Crippen LogP contribution in [0, 0.1) is 0 Å². The fourth-order valence-electron chi connectivity index (χ4n) is 1.48. The number of rotatable bonds is 3. The van der Waals surface area contributed by atoms with Gasteiger partial charge in [0, 0.05) is 5.56 Å².